The molecule has 0 aliphatic carbocycles. The van der Waals surface area contributed by atoms with Crippen LogP contribution in [-0.2, 0) is 26.2 Å². The van der Waals surface area contributed by atoms with Gasteiger partial charge in [-0.3, -0.25) is 4.79 Å². The molecule has 0 spiro atoms. The molecule has 45 heavy (non-hydrogen) atoms. The normalized spacial score (nSPS) is 12.3. The molecule has 0 heterocycles. The number of hydrogen-bond acceptors (Lipinski definition) is 5. The van der Waals surface area contributed by atoms with E-state index in [0.29, 0.717) is 43.2 Å². The predicted molar refractivity (Wildman–Crippen MR) is 178 cm³/mol. The van der Waals surface area contributed by atoms with Crippen molar-refractivity contribution >= 4 is 5.91 Å². The molecule has 0 fully saturated rings. The molecule has 0 saturated carbocycles. The molecule has 2 atom stereocenters. The van der Waals surface area contributed by atoms with Crippen LogP contribution < -0.4 is 20.5 Å². The average Bonchev–Trinajstić information content (AvgIpc) is 3.09. The summed E-state index contributed by atoms with van der Waals surface area (Å²) in [6.07, 6.45) is 1.25. The second-order valence-electron chi connectivity index (χ2n) is 11.2. The molecule has 0 aliphatic rings. The molecular formula is C39H40N2O4. The van der Waals surface area contributed by atoms with Crippen LogP contribution in [0.5, 0.6) is 11.5 Å². The Morgan fingerprint density at radius 3 is 1.87 bits per heavy atom. The van der Waals surface area contributed by atoms with Gasteiger partial charge in [-0.05, 0) is 71.3 Å². The van der Waals surface area contributed by atoms with Crippen LogP contribution in [0.2, 0.25) is 0 Å². The summed E-state index contributed by atoms with van der Waals surface area (Å²) in [5, 5.41) is 15.2. The van der Waals surface area contributed by atoms with E-state index < -0.39 is 12.0 Å². The fourth-order valence-electron chi connectivity index (χ4n) is 5.22. The van der Waals surface area contributed by atoms with Crippen molar-refractivity contribution in [2.45, 2.75) is 51.2 Å². The molecule has 0 aliphatic heterocycles. The molecule has 0 radical (unpaired) electrons. The van der Waals surface area contributed by atoms with Crippen LogP contribution in [0.15, 0.2) is 133 Å². The predicted octanol–water partition coefficient (Wildman–Crippen LogP) is 7.16. The summed E-state index contributed by atoms with van der Waals surface area (Å²) < 4.78 is 12.4. The monoisotopic (exact) mass is 600 g/mol. The van der Waals surface area contributed by atoms with Crippen LogP contribution in [0, 0.1) is 0 Å². The summed E-state index contributed by atoms with van der Waals surface area (Å²) in [4.78, 5) is 11.7. The van der Waals surface area contributed by atoms with Crippen molar-refractivity contribution in [3.8, 4) is 11.5 Å². The summed E-state index contributed by atoms with van der Waals surface area (Å²) in [5.74, 6) is 0.773. The average molecular weight is 601 g/mol. The van der Waals surface area contributed by atoms with Gasteiger partial charge < -0.3 is 25.6 Å². The molecule has 0 aromatic heterocycles. The molecule has 5 rings (SSSR count). The highest BCUT2D eigenvalue weighted by Gasteiger charge is 2.19. The standard InChI is InChI=1S/C39H40N2O4/c40-39(43)34-18-10-17-29(23-34)19-21-35(41-26-30-11-4-1-5-12-30)25-36(42)33-20-22-37(44-27-31-13-6-2-7-14-31)38(24-33)45-28-32-15-8-3-9-16-32/h1-18,20,22-24,35-36,41-42H,19,21,25-28H2,(H2,40,43). The first kappa shape index (κ1) is 31.5. The van der Waals surface area contributed by atoms with Crippen molar-refractivity contribution in [3.05, 3.63) is 167 Å². The van der Waals surface area contributed by atoms with Gasteiger partial charge in [-0.2, -0.15) is 0 Å². The molecule has 1 amide bonds. The molecule has 4 N–H and O–H groups in total. The number of primary amides is 1. The smallest absolute Gasteiger partial charge is 0.248 e. The third kappa shape index (κ3) is 9.80. The lowest BCUT2D eigenvalue weighted by Gasteiger charge is -2.23. The second-order valence-corrected chi connectivity index (χ2v) is 11.2. The molecular weight excluding hydrogens is 560 g/mol. The summed E-state index contributed by atoms with van der Waals surface area (Å²) in [6.45, 7) is 1.47. The van der Waals surface area contributed by atoms with Gasteiger partial charge in [0, 0.05) is 18.2 Å². The van der Waals surface area contributed by atoms with Crippen LogP contribution in [0.1, 0.15) is 57.1 Å². The van der Waals surface area contributed by atoms with Crippen molar-refractivity contribution in [3.63, 3.8) is 0 Å². The Balaban J connectivity index is 1.31. The number of carbonyl (C=O) groups is 1. The SMILES string of the molecule is NC(=O)c1cccc(CCC(CC(O)c2ccc(OCc3ccccc3)c(OCc3ccccc3)c2)NCc2ccccc2)c1. The largest absolute Gasteiger partial charge is 0.485 e. The minimum atomic E-state index is -0.738. The molecule has 5 aromatic carbocycles. The highest BCUT2D eigenvalue weighted by Crippen LogP contribution is 2.33. The number of amides is 1. The zero-order valence-electron chi connectivity index (χ0n) is 25.3. The topological polar surface area (TPSA) is 93.8 Å². The van der Waals surface area contributed by atoms with E-state index in [1.807, 2.05) is 115 Å². The van der Waals surface area contributed by atoms with Gasteiger partial charge in [-0.15, -0.1) is 0 Å². The Morgan fingerprint density at radius 1 is 0.667 bits per heavy atom. The van der Waals surface area contributed by atoms with E-state index in [-0.39, 0.29) is 6.04 Å². The molecule has 230 valence electrons. The lowest BCUT2D eigenvalue weighted by molar-refractivity contribution is 0.1000. The first-order valence-corrected chi connectivity index (χ1v) is 15.3. The number of carbonyl (C=O) groups excluding carboxylic acids is 1. The number of aliphatic hydroxyl groups is 1. The van der Waals surface area contributed by atoms with E-state index in [2.05, 4.69) is 17.4 Å². The van der Waals surface area contributed by atoms with Crippen molar-refractivity contribution in [2.75, 3.05) is 0 Å². The quantitative estimate of drug-likeness (QED) is 0.112. The Morgan fingerprint density at radius 2 is 1.24 bits per heavy atom. The van der Waals surface area contributed by atoms with Crippen molar-refractivity contribution in [2.24, 2.45) is 5.73 Å². The summed E-state index contributed by atoms with van der Waals surface area (Å²) in [6, 6.07) is 43.3. The molecule has 6 heteroatoms. The van der Waals surface area contributed by atoms with Crippen LogP contribution in [0.4, 0.5) is 0 Å². The second kappa shape index (κ2) is 16.2. The number of hydrogen-bond donors (Lipinski definition) is 3. The van der Waals surface area contributed by atoms with E-state index in [9.17, 15) is 9.90 Å². The first-order valence-electron chi connectivity index (χ1n) is 15.3. The van der Waals surface area contributed by atoms with Gasteiger partial charge in [0.25, 0.3) is 0 Å². The van der Waals surface area contributed by atoms with Crippen molar-refractivity contribution in [1.82, 2.24) is 5.32 Å². The number of nitrogens with two attached hydrogens (primary N) is 1. The van der Waals surface area contributed by atoms with E-state index in [1.165, 1.54) is 5.56 Å². The van der Waals surface area contributed by atoms with Gasteiger partial charge in [-0.1, -0.05) is 109 Å². The minimum Gasteiger partial charge on any atom is -0.485 e. The van der Waals surface area contributed by atoms with Gasteiger partial charge in [-0.25, -0.2) is 0 Å². The van der Waals surface area contributed by atoms with E-state index >= 15 is 0 Å². The molecule has 0 saturated heterocycles. The lowest BCUT2D eigenvalue weighted by atomic mass is 9.96. The first-order chi connectivity index (χ1) is 22.0. The summed E-state index contributed by atoms with van der Waals surface area (Å²) in [5.41, 5.74) is 11.1. The molecule has 5 aromatic rings. The van der Waals surface area contributed by atoms with Gasteiger partial charge >= 0.3 is 0 Å². The Hall–Kier alpha value is -4.91. The zero-order chi connectivity index (χ0) is 31.3. The maximum Gasteiger partial charge on any atom is 0.248 e. The molecule has 0 bridgehead atoms. The number of ether oxygens (including phenoxy) is 2. The lowest BCUT2D eigenvalue weighted by Crippen LogP contribution is -2.31. The van der Waals surface area contributed by atoms with E-state index in [1.54, 1.807) is 6.07 Å². The summed E-state index contributed by atoms with van der Waals surface area (Å²) >= 11 is 0. The highest BCUT2D eigenvalue weighted by molar-refractivity contribution is 5.92. The van der Waals surface area contributed by atoms with E-state index in [0.717, 1.165) is 35.1 Å². The van der Waals surface area contributed by atoms with Gasteiger partial charge in [0.05, 0.1) is 6.10 Å². The highest BCUT2D eigenvalue weighted by atomic mass is 16.5. The van der Waals surface area contributed by atoms with Crippen molar-refractivity contribution in [1.29, 1.82) is 0 Å². The number of aliphatic hydroxyl groups excluding tert-OH is 1. The van der Waals surface area contributed by atoms with E-state index in [4.69, 9.17) is 15.2 Å². The number of aryl methyl sites for hydroxylation is 1. The van der Waals surface area contributed by atoms with Crippen LogP contribution in [-0.4, -0.2) is 17.1 Å². The maximum atomic E-state index is 11.7. The number of nitrogens with one attached hydrogen (secondary N) is 1. The molecule has 6 nitrogen and oxygen atoms in total. The summed E-state index contributed by atoms with van der Waals surface area (Å²) in [7, 11) is 0. The fraction of sp³-hybridized carbons (Fsp3) is 0.205. The Kier molecular flexibility index (Phi) is 11.4. The third-order valence-corrected chi connectivity index (χ3v) is 7.77. The Bertz CT molecular complexity index is 1630. The zero-order valence-corrected chi connectivity index (χ0v) is 25.3. The van der Waals surface area contributed by atoms with Crippen molar-refractivity contribution < 1.29 is 19.4 Å². The van der Waals surface area contributed by atoms with Crippen LogP contribution in [0.25, 0.3) is 0 Å². The maximum absolute atomic E-state index is 11.7. The fourth-order valence-corrected chi connectivity index (χ4v) is 5.22. The van der Waals surface area contributed by atoms with Gasteiger partial charge in [0.1, 0.15) is 13.2 Å². The van der Waals surface area contributed by atoms with Gasteiger partial charge in [0.15, 0.2) is 11.5 Å². The Labute approximate surface area is 265 Å². The van der Waals surface area contributed by atoms with Gasteiger partial charge in [0.2, 0.25) is 5.91 Å². The number of rotatable bonds is 16. The van der Waals surface area contributed by atoms with Crippen LogP contribution >= 0.6 is 0 Å². The third-order valence-electron chi connectivity index (χ3n) is 7.77. The molecule has 2 unspecified atom stereocenters. The van der Waals surface area contributed by atoms with Crippen LogP contribution in [0.3, 0.4) is 0 Å². The number of benzene rings is 5. The minimum absolute atomic E-state index is 0.000125.